The Labute approximate surface area is 187 Å². The lowest BCUT2D eigenvalue weighted by molar-refractivity contribution is -0.119. The van der Waals surface area contributed by atoms with E-state index in [2.05, 4.69) is 15.6 Å². The first kappa shape index (κ1) is 22.9. The summed E-state index contributed by atoms with van der Waals surface area (Å²) < 4.78 is 5.21. The van der Waals surface area contributed by atoms with Gasteiger partial charge < -0.3 is 15.4 Å². The molecule has 0 fully saturated rings. The lowest BCUT2D eigenvalue weighted by Crippen LogP contribution is -2.29. The zero-order chi connectivity index (χ0) is 23.3. The third-order valence-electron chi connectivity index (χ3n) is 4.83. The van der Waals surface area contributed by atoms with Crippen LogP contribution in [-0.2, 0) is 9.53 Å². The van der Waals surface area contributed by atoms with Crippen molar-refractivity contribution in [3.63, 3.8) is 0 Å². The first-order valence-electron chi connectivity index (χ1n) is 10.5. The summed E-state index contributed by atoms with van der Waals surface area (Å²) in [7, 11) is 0. The Morgan fingerprint density at radius 3 is 2.50 bits per heavy atom. The van der Waals surface area contributed by atoms with Crippen LogP contribution in [0.5, 0.6) is 0 Å². The molecule has 0 aliphatic carbocycles. The van der Waals surface area contributed by atoms with E-state index in [1.54, 1.807) is 37.3 Å². The molecule has 166 valence electrons. The van der Waals surface area contributed by atoms with Crippen LogP contribution >= 0.6 is 0 Å². The summed E-state index contributed by atoms with van der Waals surface area (Å²) >= 11 is 0. The zero-order valence-corrected chi connectivity index (χ0v) is 18.7. The number of fused-ring (bicyclic) bond motifs is 1. The number of esters is 1. The van der Waals surface area contributed by atoms with Crippen molar-refractivity contribution in [3.05, 3.63) is 70.9 Å². The molecular formula is C25H27N3O4. The van der Waals surface area contributed by atoms with Crippen molar-refractivity contribution in [2.45, 2.75) is 27.7 Å². The van der Waals surface area contributed by atoms with Gasteiger partial charge in [-0.05, 0) is 50.1 Å². The number of hydrogen-bond donors (Lipinski definition) is 2. The van der Waals surface area contributed by atoms with E-state index in [4.69, 9.17) is 4.74 Å². The molecule has 1 aromatic heterocycles. The monoisotopic (exact) mass is 433 g/mol. The fourth-order valence-corrected chi connectivity index (χ4v) is 3.18. The Bertz CT molecular complexity index is 1170. The fraction of sp³-hybridized carbons (Fsp3) is 0.280. The van der Waals surface area contributed by atoms with Gasteiger partial charge in [0, 0.05) is 11.9 Å². The number of nitrogens with one attached hydrogen (secondary N) is 2. The molecule has 3 aromatic rings. The minimum Gasteiger partial charge on any atom is -0.452 e. The van der Waals surface area contributed by atoms with Crippen LogP contribution in [0.4, 0.5) is 5.69 Å². The molecule has 2 aromatic carbocycles. The van der Waals surface area contributed by atoms with Gasteiger partial charge >= 0.3 is 5.97 Å². The number of pyridine rings is 1. The van der Waals surface area contributed by atoms with Crippen molar-refractivity contribution in [2.24, 2.45) is 5.92 Å². The van der Waals surface area contributed by atoms with E-state index in [1.807, 2.05) is 39.0 Å². The van der Waals surface area contributed by atoms with Gasteiger partial charge in [0.2, 0.25) is 0 Å². The summed E-state index contributed by atoms with van der Waals surface area (Å²) in [6.45, 7) is 7.72. The highest BCUT2D eigenvalue weighted by Gasteiger charge is 2.17. The maximum Gasteiger partial charge on any atom is 0.340 e. The summed E-state index contributed by atoms with van der Waals surface area (Å²) in [5, 5.41) is 6.30. The summed E-state index contributed by atoms with van der Waals surface area (Å²) in [5.41, 5.74) is 3.38. The minimum absolute atomic E-state index is 0.278. The Morgan fingerprint density at radius 2 is 1.75 bits per heavy atom. The van der Waals surface area contributed by atoms with Gasteiger partial charge in [-0.15, -0.1) is 0 Å². The lowest BCUT2D eigenvalue weighted by atomic mass is 10.1. The van der Waals surface area contributed by atoms with Crippen molar-refractivity contribution in [1.29, 1.82) is 0 Å². The highest BCUT2D eigenvalue weighted by molar-refractivity contribution is 6.04. The Kier molecular flexibility index (Phi) is 7.20. The number of benzene rings is 2. The van der Waals surface area contributed by atoms with Crippen LogP contribution in [-0.4, -0.2) is 35.9 Å². The molecule has 0 bridgehead atoms. The normalized spacial score (nSPS) is 10.8. The van der Waals surface area contributed by atoms with Crippen LogP contribution in [0.1, 0.15) is 45.8 Å². The molecule has 0 aliphatic heterocycles. The summed E-state index contributed by atoms with van der Waals surface area (Å²) in [4.78, 5) is 41.8. The van der Waals surface area contributed by atoms with Crippen LogP contribution < -0.4 is 10.6 Å². The van der Waals surface area contributed by atoms with Gasteiger partial charge in [-0.3, -0.25) is 14.6 Å². The van der Waals surface area contributed by atoms with E-state index < -0.39 is 18.5 Å². The van der Waals surface area contributed by atoms with Crippen molar-refractivity contribution in [1.82, 2.24) is 10.3 Å². The number of carbonyl (C=O) groups excluding carboxylic acids is 3. The van der Waals surface area contributed by atoms with Crippen LogP contribution in [0.15, 0.2) is 48.5 Å². The van der Waals surface area contributed by atoms with E-state index in [-0.39, 0.29) is 5.91 Å². The molecule has 0 saturated carbocycles. The number of anilines is 1. The predicted molar refractivity (Wildman–Crippen MR) is 124 cm³/mol. The first-order valence-corrected chi connectivity index (χ1v) is 10.5. The molecular weight excluding hydrogens is 406 g/mol. The van der Waals surface area contributed by atoms with Crippen LogP contribution in [0.25, 0.3) is 10.9 Å². The largest absolute Gasteiger partial charge is 0.452 e. The van der Waals surface area contributed by atoms with Gasteiger partial charge in [0.15, 0.2) is 6.61 Å². The second kappa shape index (κ2) is 10.0. The molecule has 0 spiro atoms. The molecule has 0 atom stereocenters. The van der Waals surface area contributed by atoms with E-state index in [0.29, 0.717) is 35.0 Å². The molecule has 7 heteroatoms. The minimum atomic E-state index is -0.628. The zero-order valence-electron chi connectivity index (χ0n) is 18.7. The molecule has 7 nitrogen and oxygen atoms in total. The van der Waals surface area contributed by atoms with Gasteiger partial charge in [0.25, 0.3) is 11.8 Å². The summed E-state index contributed by atoms with van der Waals surface area (Å²) in [6.07, 6.45) is 0. The second-order valence-corrected chi connectivity index (χ2v) is 8.09. The average molecular weight is 434 g/mol. The van der Waals surface area contributed by atoms with Gasteiger partial charge in [-0.25, -0.2) is 4.79 Å². The van der Waals surface area contributed by atoms with Crippen LogP contribution in [0, 0.1) is 19.8 Å². The quantitative estimate of drug-likeness (QED) is 0.548. The third-order valence-corrected chi connectivity index (χ3v) is 4.83. The van der Waals surface area contributed by atoms with E-state index >= 15 is 0 Å². The number of para-hydroxylation sites is 1. The lowest BCUT2D eigenvalue weighted by Gasteiger charge is -2.13. The van der Waals surface area contributed by atoms with E-state index in [9.17, 15) is 14.4 Å². The maximum atomic E-state index is 12.6. The Balaban J connectivity index is 1.66. The topological polar surface area (TPSA) is 97.4 Å². The highest BCUT2D eigenvalue weighted by atomic mass is 16.5. The average Bonchev–Trinajstić information content (AvgIpc) is 2.76. The molecule has 0 radical (unpaired) electrons. The molecule has 0 aliphatic rings. The van der Waals surface area contributed by atoms with E-state index in [1.165, 1.54) is 0 Å². The maximum absolute atomic E-state index is 12.6. The van der Waals surface area contributed by atoms with Crippen LogP contribution in [0.2, 0.25) is 0 Å². The second-order valence-electron chi connectivity index (χ2n) is 8.09. The summed E-state index contributed by atoms with van der Waals surface area (Å²) in [5.74, 6) is -1.14. The number of carbonyl (C=O) groups is 3. The smallest absolute Gasteiger partial charge is 0.340 e. The molecule has 0 saturated heterocycles. The Morgan fingerprint density at radius 1 is 1.00 bits per heavy atom. The van der Waals surface area contributed by atoms with Gasteiger partial charge in [-0.2, -0.15) is 0 Å². The molecule has 0 unspecified atom stereocenters. The SMILES string of the molecule is Cc1ccc2nc(C)c(C(=O)OCC(=O)Nc3ccccc3C(=O)NCC(C)C)cc2c1. The number of hydrogen-bond acceptors (Lipinski definition) is 5. The molecule has 32 heavy (non-hydrogen) atoms. The highest BCUT2D eigenvalue weighted by Crippen LogP contribution is 2.19. The van der Waals surface area contributed by atoms with Crippen LogP contribution in [0.3, 0.4) is 0 Å². The fourth-order valence-electron chi connectivity index (χ4n) is 3.18. The number of nitrogens with zero attached hydrogens (tertiary/aromatic N) is 1. The summed E-state index contributed by atoms with van der Waals surface area (Å²) in [6, 6.07) is 14.2. The van der Waals surface area contributed by atoms with Crippen molar-refractivity contribution in [3.8, 4) is 0 Å². The number of aryl methyl sites for hydroxylation is 2. The molecule has 3 rings (SSSR count). The van der Waals surface area contributed by atoms with Crippen molar-refractivity contribution < 1.29 is 19.1 Å². The van der Waals surface area contributed by atoms with Crippen molar-refractivity contribution in [2.75, 3.05) is 18.5 Å². The number of ether oxygens (including phenoxy) is 1. The van der Waals surface area contributed by atoms with Gasteiger partial charge in [0.05, 0.1) is 28.0 Å². The molecule has 2 amide bonds. The molecule has 2 N–H and O–H groups in total. The molecule has 1 heterocycles. The standard InChI is InChI=1S/C25H27N3O4/c1-15(2)13-26-24(30)19-7-5-6-8-22(19)28-23(29)14-32-25(31)20-12-18-11-16(3)9-10-21(18)27-17(20)4/h5-12,15H,13-14H2,1-4H3,(H,26,30)(H,28,29). The first-order chi connectivity index (χ1) is 15.2. The number of aromatic nitrogens is 1. The van der Waals surface area contributed by atoms with Crippen molar-refractivity contribution >= 4 is 34.4 Å². The predicted octanol–water partition coefficient (Wildman–Crippen LogP) is 4.03. The Hall–Kier alpha value is -3.74. The van der Waals surface area contributed by atoms with E-state index in [0.717, 1.165) is 16.5 Å². The van der Waals surface area contributed by atoms with Gasteiger partial charge in [0.1, 0.15) is 0 Å². The number of amides is 2. The third kappa shape index (κ3) is 5.69. The van der Waals surface area contributed by atoms with Gasteiger partial charge in [-0.1, -0.05) is 37.6 Å². The number of rotatable bonds is 7.